The topological polar surface area (TPSA) is 91.8 Å². The molecule has 0 radical (unpaired) electrons. The molecule has 0 atom stereocenters. The fourth-order valence-corrected chi connectivity index (χ4v) is 0.494. The number of nitrogens with zero attached hydrogens (tertiary/aromatic N) is 3. The zero-order valence-corrected chi connectivity index (χ0v) is 5.77. The smallest absolute Gasteiger partial charge is 0.331 e. The van der Waals surface area contributed by atoms with Gasteiger partial charge in [-0.3, -0.25) is 0 Å². The summed E-state index contributed by atoms with van der Waals surface area (Å²) in [5.41, 5.74) is 0.184. The first-order valence-corrected chi connectivity index (χ1v) is 2.85. The van der Waals surface area contributed by atoms with Crippen LogP contribution in [0.4, 0.5) is 0 Å². The van der Waals surface area contributed by atoms with Crippen LogP contribution in [0.5, 0.6) is 0 Å². The fraction of sp³-hybridized carbons (Fsp3) is 0.200. The van der Waals surface area contributed by atoms with Crippen molar-refractivity contribution in [2.75, 3.05) is 0 Å². The lowest BCUT2D eigenvalue weighted by molar-refractivity contribution is -0.132. The van der Waals surface area contributed by atoms with Crippen LogP contribution < -0.4 is 0 Å². The summed E-state index contributed by atoms with van der Waals surface area (Å²) in [5.74, 6) is -0.647. The first-order chi connectivity index (χ1) is 5.20. The average molecular weight is 154 g/mol. The number of nitrogens with one attached hydrogen (secondary N) is 1. The van der Waals surface area contributed by atoms with Gasteiger partial charge in [0.25, 0.3) is 0 Å². The Morgan fingerprint density at radius 3 is 2.91 bits per heavy atom. The minimum atomic E-state index is -0.985. The maximum Gasteiger partial charge on any atom is 0.331 e. The van der Waals surface area contributed by atoms with E-state index in [1.165, 1.54) is 13.0 Å². The van der Waals surface area contributed by atoms with Crippen LogP contribution in [-0.4, -0.2) is 31.7 Å². The van der Waals surface area contributed by atoms with Crippen molar-refractivity contribution in [2.24, 2.45) is 0 Å². The lowest BCUT2D eigenvalue weighted by atomic mass is 10.3. The molecular formula is C5H6N4O2. The summed E-state index contributed by atoms with van der Waals surface area (Å²) in [6.07, 6.45) is 1.35. The highest BCUT2D eigenvalue weighted by Gasteiger charge is 2.00. The Kier molecular flexibility index (Phi) is 1.95. The van der Waals surface area contributed by atoms with E-state index < -0.39 is 5.97 Å². The minimum Gasteiger partial charge on any atom is -0.478 e. The highest BCUT2D eigenvalue weighted by Crippen LogP contribution is 1.97. The molecule has 0 bridgehead atoms. The zero-order valence-electron chi connectivity index (χ0n) is 5.77. The molecule has 58 valence electrons. The van der Waals surface area contributed by atoms with E-state index in [2.05, 4.69) is 20.6 Å². The third kappa shape index (κ3) is 1.85. The first-order valence-electron chi connectivity index (χ1n) is 2.85. The number of aliphatic carboxylic acids is 1. The molecule has 0 aliphatic rings. The first kappa shape index (κ1) is 7.39. The Morgan fingerprint density at radius 1 is 1.73 bits per heavy atom. The summed E-state index contributed by atoms with van der Waals surface area (Å²) >= 11 is 0. The van der Waals surface area contributed by atoms with Crippen LogP contribution in [0.1, 0.15) is 12.7 Å². The van der Waals surface area contributed by atoms with Crippen LogP contribution in [0.25, 0.3) is 6.08 Å². The van der Waals surface area contributed by atoms with Crippen molar-refractivity contribution in [3.05, 3.63) is 11.4 Å². The molecule has 0 saturated heterocycles. The van der Waals surface area contributed by atoms with Crippen LogP contribution in [-0.2, 0) is 4.79 Å². The lowest BCUT2D eigenvalue weighted by Crippen LogP contribution is -1.95. The molecule has 0 unspecified atom stereocenters. The summed E-state index contributed by atoms with van der Waals surface area (Å²) in [5, 5.41) is 20.9. The van der Waals surface area contributed by atoms with Crippen molar-refractivity contribution in [1.29, 1.82) is 0 Å². The van der Waals surface area contributed by atoms with Gasteiger partial charge in [0.05, 0.1) is 0 Å². The van der Waals surface area contributed by atoms with E-state index in [0.717, 1.165) is 0 Å². The van der Waals surface area contributed by atoms with Gasteiger partial charge in [-0.25, -0.2) is 9.89 Å². The van der Waals surface area contributed by atoms with Gasteiger partial charge in [0.1, 0.15) is 0 Å². The number of hydrogen-bond donors (Lipinski definition) is 2. The molecule has 0 fully saturated rings. The molecule has 0 aliphatic carbocycles. The van der Waals surface area contributed by atoms with E-state index >= 15 is 0 Å². The summed E-state index contributed by atoms with van der Waals surface area (Å²) in [7, 11) is 0. The number of carboxylic acid groups (broad SMARTS) is 1. The molecule has 6 heteroatoms. The van der Waals surface area contributed by atoms with E-state index in [0.29, 0.717) is 5.82 Å². The molecule has 2 N–H and O–H groups in total. The maximum absolute atomic E-state index is 10.3. The molecule has 0 saturated carbocycles. The number of aromatic amines is 1. The van der Waals surface area contributed by atoms with Gasteiger partial charge in [-0.15, -0.1) is 5.10 Å². The van der Waals surface area contributed by atoms with E-state index in [1.807, 2.05) is 0 Å². The molecule has 1 aromatic heterocycles. The highest BCUT2D eigenvalue weighted by atomic mass is 16.4. The number of carboxylic acids is 1. The number of rotatable bonds is 2. The molecule has 1 rings (SSSR count). The molecule has 1 heterocycles. The van der Waals surface area contributed by atoms with Crippen LogP contribution in [0, 0.1) is 0 Å². The summed E-state index contributed by atoms with van der Waals surface area (Å²) in [4.78, 5) is 10.3. The van der Waals surface area contributed by atoms with Gasteiger partial charge in [-0.1, -0.05) is 0 Å². The summed E-state index contributed by atoms with van der Waals surface area (Å²) in [6, 6.07) is 0. The second-order valence-corrected chi connectivity index (χ2v) is 1.92. The van der Waals surface area contributed by atoms with Gasteiger partial charge < -0.3 is 5.11 Å². The number of hydrogen-bond acceptors (Lipinski definition) is 4. The Bertz CT molecular complexity index is 277. The normalized spacial score (nSPS) is 11.5. The van der Waals surface area contributed by atoms with E-state index in [-0.39, 0.29) is 5.57 Å². The lowest BCUT2D eigenvalue weighted by Gasteiger charge is -1.87. The Labute approximate surface area is 61.9 Å². The second kappa shape index (κ2) is 2.91. The third-order valence-electron chi connectivity index (χ3n) is 1.05. The predicted octanol–water partition coefficient (Wildman–Crippen LogP) is -0.312. The molecule has 0 amide bonds. The molecule has 1 aromatic rings. The summed E-state index contributed by atoms with van der Waals surface area (Å²) in [6.45, 7) is 1.46. The minimum absolute atomic E-state index is 0.184. The van der Waals surface area contributed by atoms with Crippen LogP contribution in [0.3, 0.4) is 0 Å². The standard InChI is InChI=1S/C5H6N4O2/c1-3(5(10)11)2-4-6-8-9-7-4/h2H,1H3,(H,10,11)(H,6,7,8,9). The van der Waals surface area contributed by atoms with Crippen molar-refractivity contribution >= 4 is 12.0 Å². The Balaban J connectivity index is 2.82. The molecular weight excluding hydrogens is 148 g/mol. The maximum atomic E-state index is 10.3. The monoisotopic (exact) mass is 154 g/mol. The van der Waals surface area contributed by atoms with Gasteiger partial charge in [-0.2, -0.15) is 0 Å². The number of carbonyl (C=O) groups is 1. The second-order valence-electron chi connectivity index (χ2n) is 1.92. The van der Waals surface area contributed by atoms with Gasteiger partial charge in [0.2, 0.25) is 0 Å². The van der Waals surface area contributed by atoms with Gasteiger partial charge in [0.15, 0.2) is 5.82 Å². The number of aromatic nitrogens is 4. The van der Waals surface area contributed by atoms with Crippen LogP contribution in [0.2, 0.25) is 0 Å². The van der Waals surface area contributed by atoms with Crippen molar-refractivity contribution in [3.8, 4) is 0 Å². The van der Waals surface area contributed by atoms with Gasteiger partial charge in [-0.05, 0) is 23.4 Å². The molecule has 6 nitrogen and oxygen atoms in total. The van der Waals surface area contributed by atoms with Crippen molar-refractivity contribution in [3.63, 3.8) is 0 Å². The SMILES string of the molecule is CC(=Cc1nnn[nH]1)C(=O)O. The van der Waals surface area contributed by atoms with E-state index in [4.69, 9.17) is 5.11 Å². The number of tetrazole rings is 1. The molecule has 0 aromatic carbocycles. The van der Waals surface area contributed by atoms with Crippen molar-refractivity contribution < 1.29 is 9.90 Å². The zero-order chi connectivity index (χ0) is 8.27. The van der Waals surface area contributed by atoms with E-state index in [1.54, 1.807) is 0 Å². The average Bonchev–Trinajstić information content (AvgIpc) is 2.39. The largest absolute Gasteiger partial charge is 0.478 e. The van der Waals surface area contributed by atoms with Gasteiger partial charge in [0, 0.05) is 5.57 Å². The van der Waals surface area contributed by atoms with Crippen molar-refractivity contribution in [1.82, 2.24) is 20.6 Å². The third-order valence-corrected chi connectivity index (χ3v) is 1.05. The highest BCUT2D eigenvalue weighted by molar-refractivity contribution is 5.90. The molecule has 11 heavy (non-hydrogen) atoms. The van der Waals surface area contributed by atoms with E-state index in [9.17, 15) is 4.79 Å². The van der Waals surface area contributed by atoms with Crippen LogP contribution in [0.15, 0.2) is 5.57 Å². The molecule has 0 aliphatic heterocycles. The van der Waals surface area contributed by atoms with Crippen LogP contribution >= 0.6 is 0 Å². The van der Waals surface area contributed by atoms with Crippen molar-refractivity contribution in [2.45, 2.75) is 6.92 Å². The quantitative estimate of drug-likeness (QED) is 0.570. The van der Waals surface area contributed by atoms with Gasteiger partial charge >= 0.3 is 5.97 Å². The Morgan fingerprint density at radius 2 is 2.45 bits per heavy atom. The molecule has 0 spiro atoms. The number of H-pyrrole nitrogens is 1. The fourth-order valence-electron chi connectivity index (χ4n) is 0.494. The summed E-state index contributed by atoms with van der Waals surface area (Å²) < 4.78 is 0. The Hall–Kier alpha value is -1.72. The predicted molar refractivity (Wildman–Crippen MR) is 35.5 cm³/mol.